The lowest BCUT2D eigenvalue weighted by Crippen LogP contribution is -2.54. The highest BCUT2D eigenvalue weighted by Crippen LogP contribution is 2.22. The number of rotatable bonds is 5. The molecule has 1 amide bonds. The van der Waals surface area contributed by atoms with Crippen molar-refractivity contribution in [2.24, 2.45) is 0 Å². The topological polar surface area (TPSA) is 69.7 Å². The van der Waals surface area contributed by atoms with Crippen molar-refractivity contribution >= 4 is 21.6 Å². The maximum Gasteiger partial charge on any atom is 0.246 e. The second-order valence-electron chi connectivity index (χ2n) is 6.69. The Labute approximate surface area is 167 Å². The van der Waals surface area contributed by atoms with E-state index in [1.54, 1.807) is 17.9 Å². The zero-order valence-corrected chi connectivity index (χ0v) is 16.4. The van der Waals surface area contributed by atoms with Crippen molar-refractivity contribution in [3.63, 3.8) is 0 Å². The van der Waals surface area contributed by atoms with Gasteiger partial charge in [-0.05, 0) is 43.3 Å². The van der Waals surface area contributed by atoms with Gasteiger partial charge in [-0.25, -0.2) is 21.6 Å². The summed E-state index contributed by atoms with van der Waals surface area (Å²) in [7, 11) is -4.19. The molecular weight excluding hydrogens is 407 g/mol. The van der Waals surface area contributed by atoms with Crippen molar-refractivity contribution in [2.45, 2.75) is 17.9 Å². The van der Waals surface area contributed by atoms with Gasteiger partial charge in [0, 0.05) is 31.9 Å². The summed E-state index contributed by atoms with van der Waals surface area (Å²) >= 11 is 0. The lowest BCUT2D eigenvalue weighted by Gasteiger charge is -2.36. The van der Waals surface area contributed by atoms with Gasteiger partial charge in [0.2, 0.25) is 15.9 Å². The van der Waals surface area contributed by atoms with Gasteiger partial charge >= 0.3 is 0 Å². The normalized spacial score (nSPS) is 17.1. The summed E-state index contributed by atoms with van der Waals surface area (Å²) in [5.41, 5.74) is 0.324. The van der Waals surface area contributed by atoms with E-state index in [-0.39, 0.29) is 32.1 Å². The number of nitrogens with one attached hydrogen (secondary N) is 1. The molecule has 1 N–H and O–H groups in total. The van der Waals surface area contributed by atoms with E-state index in [1.165, 1.54) is 18.2 Å². The van der Waals surface area contributed by atoms with Crippen LogP contribution < -0.4 is 5.32 Å². The Kier molecular flexibility index (Phi) is 6.25. The first-order chi connectivity index (χ1) is 13.7. The third kappa shape index (κ3) is 4.77. The van der Waals surface area contributed by atoms with Gasteiger partial charge in [0.1, 0.15) is 22.3 Å². The quantitative estimate of drug-likeness (QED) is 0.796. The molecule has 0 saturated carbocycles. The van der Waals surface area contributed by atoms with Crippen LogP contribution >= 0.6 is 0 Å². The summed E-state index contributed by atoms with van der Waals surface area (Å²) in [6, 6.07) is 7.20. The lowest BCUT2D eigenvalue weighted by atomic mass is 10.2. The Morgan fingerprint density at radius 3 is 2.31 bits per heavy atom. The lowest BCUT2D eigenvalue weighted by molar-refractivity contribution is -0.121. The highest BCUT2D eigenvalue weighted by molar-refractivity contribution is 7.89. The molecule has 0 aromatic heterocycles. The second-order valence-corrected chi connectivity index (χ2v) is 8.60. The molecule has 1 saturated heterocycles. The van der Waals surface area contributed by atoms with Gasteiger partial charge in [0.05, 0.1) is 6.04 Å². The van der Waals surface area contributed by atoms with Crippen LogP contribution in [0.1, 0.15) is 6.92 Å². The largest absolute Gasteiger partial charge is 0.325 e. The third-order valence-corrected chi connectivity index (χ3v) is 6.72. The van der Waals surface area contributed by atoms with Crippen LogP contribution in [0.4, 0.5) is 18.9 Å². The Morgan fingerprint density at radius 1 is 1.00 bits per heavy atom. The zero-order chi connectivity index (χ0) is 21.2. The number of amides is 1. The van der Waals surface area contributed by atoms with E-state index in [1.807, 2.05) is 0 Å². The van der Waals surface area contributed by atoms with Gasteiger partial charge in [0.25, 0.3) is 0 Å². The zero-order valence-electron chi connectivity index (χ0n) is 15.6. The van der Waals surface area contributed by atoms with Crippen molar-refractivity contribution in [1.82, 2.24) is 9.21 Å². The van der Waals surface area contributed by atoms with E-state index in [9.17, 15) is 26.4 Å². The maximum absolute atomic E-state index is 13.9. The summed E-state index contributed by atoms with van der Waals surface area (Å²) in [6.07, 6.45) is 0. The minimum atomic E-state index is -4.19. The summed E-state index contributed by atoms with van der Waals surface area (Å²) < 4.78 is 66.9. The fourth-order valence-electron chi connectivity index (χ4n) is 3.12. The molecule has 2 aromatic rings. The molecule has 0 aliphatic carbocycles. The monoisotopic (exact) mass is 427 g/mol. The van der Waals surface area contributed by atoms with Crippen LogP contribution in [0.5, 0.6) is 0 Å². The molecule has 0 radical (unpaired) electrons. The number of benzene rings is 2. The van der Waals surface area contributed by atoms with E-state index >= 15 is 0 Å². The molecule has 3 rings (SSSR count). The van der Waals surface area contributed by atoms with Gasteiger partial charge in [-0.15, -0.1) is 0 Å². The minimum absolute atomic E-state index is 0.0237. The Balaban J connectivity index is 1.63. The number of anilines is 1. The molecule has 0 bridgehead atoms. The molecule has 6 nitrogen and oxygen atoms in total. The molecule has 10 heteroatoms. The molecule has 1 unspecified atom stereocenters. The predicted octanol–water partition coefficient (Wildman–Crippen LogP) is 2.44. The summed E-state index contributed by atoms with van der Waals surface area (Å²) in [5, 5.41) is 2.62. The molecule has 156 valence electrons. The molecule has 1 aliphatic heterocycles. The molecule has 1 heterocycles. The standard InChI is InChI=1S/C19H20F3N3O3S/c1-13(19(26)23-16-4-2-3-14(20)11-16)24-7-9-25(10-8-24)29(27,28)18-12-15(21)5-6-17(18)22/h2-6,11-13H,7-10H2,1H3,(H,23,26). The van der Waals surface area contributed by atoms with E-state index < -0.39 is 38.4 Å². The number of halogens is 3. The van der Waals surface area contributed by atoms with Crippen molar-refractivity contribution in [2.75, 3.05) is 31.5 Å². The highest BCUT2D eigenvalue weighted by atomic mass is 32.2. The van der Waals surface area contributed by atoms with Crippen LogP contribution in [0.25, 0.3) is 0 Å². The first kappa shape index (κ1) is 21.3. The molecule has 29 heavy (non-hydrogen) atoms. The smallest absolute Gasteiger partial charge is 0.246 e. The summed E-state index contributed by atoms with van der Waals surface area (Å²) in [5.74, 6) is -2.69. The predicted molar refractivity (Wildman–Crippen MR) is 101 cm³/mol. The average Bonchev–Trinajstić information content (AvgIpc) is 2.69. The average molecular weight is 427 g/mol. The van der Waals surface area contributed by atoms with Crippen molar-refractivity contribution in [3.05, 3.63) is 59.9 Å². The second kappa shape index (κ2) is 8.52. The van der Waals surface area contributed by atoms with Crippen molar-refractivity contribution < 1.29 is 26.4 Å². The highest BCUT2D eigenvalue weighted by Gasteiger charge is 2.33. The van der Waals surface area contributed by atoms with Crippen LogP contribution in [0.3, 0.4) is 0 Å². The molecule has 1 fully saturated rings. The van der Waals surface area contributed by atoms with E-state index in [4.69, 9.17) is 0 Å². The molecule has 2 aromatic carbocycles. The van der Waals surface area contributed by atoms with Crippen LogP contribution in [0.2, 0.25) is 0 Å². The van der Waals surface area contributed by atoms with Crippen LogP contribution in [0, 0.1) is 17.5 Å². The van der Waals surface area contributed by atoms with E-state index in [0.717, 1.165) is 16.4 Å². The summed E-state index contributed by atoms with van der Waals surface area (Å²) in [4.78, 5) is 13.5. The maximum atomic E-state index is 13.9. The van der Waals surface area contributed by atoms with Crippen LogP contribution in [-0.2, 0) is 14.8 Å². The number of carbonyl (C=O) groups excluding carboxylic acids is 1. The molecular formula is C19H20F3N3O3S. The third-order valence-electron chi connectivity index (χ3n) is 4.80. The molecule has 0 spiro atoms. The van der Waals surface area contributed by atoms with Gasteiger partial charge in [-0.2, -0.15) is 4.31 Å². The molecule has 1 atom stereocenters. The molecule has 1 aliphatic rings. The van der Waals surface area contributed by atoms with Gasteiger partial charge in [-0.1, -0.05) is 6.07 Å². The van der Waals surface area contributed by atoms with Crippen LogP contribution in [-0.4, -0.2) is 55.8 Å². The number of hydrogen-bond donors (Lipinski definition) is 1. The summed E-state index contributed by atoms with van der Waals surface area (Å²) in [6.45, 7) is 2.17. The number of carbonyl (C=O) groups is 1. The van der Waals surface area contributed by atoms with E-state index in [0.29, 0.717) is 11.8 Å². The van der Waals surface area contributed by atoms with Crippen LogP contribution in [0.15, 0.2) is 47.4 Å². The Morgan fingerprint density at radius 2 is 1.66 bits per heavy atom. The van der Waals surface area contributed by atoms with E-state index in [2.05, 4.69) is 5.32 Å². The Hall–Kier alpha value is -2.43. The first-order valence-corrected chi connectivity index (χ1v) is 10.4. The first-order valence-electron chi connectivity index (χ1n) is 8.94. The SMILES string of the molecule is CC(C(=O)Nc1cccc(F)c1)N1CCN(S(=O)(=O)c2cc(F)ccc2F)CC1. The number of sulfonamides is 1. The fourth-order valence-corrected chi connectivity index (χ4v) is 4.62. The number of piperazine rings is 1. The number of nitrogens with zero attached hydrogens (tertiary/aromatic N) is 2. The fraction of sp³-hybridized carbons (Fsp3) is 0.316. The van der Waals surface area contributed by atoms with Crippen molar-refractivity contribution in [1.29, 1.82) is 0 Å². The van der Waals surface area contributed by atoms with Crippen molar-refractivity contribution in [3.8, 4) is 0 Å². The van der Waals surface area contributed by atoms with Gasteiger partial charge in [0.15, 0.2) is 0 Å². The number of hydrogen-bond acceptors (Lipinski definition) is 4. The van der Waals surface area contributed by atoms with Gasteiger partial charge < -0.3 is 5.32 Å². The minimum Gasteiger partial charge on any atom is -0.325 e. The Bertz CT molecular complexity index is 1010. The van der Waals surface area contributed by atoms with Gasteiger partial charge in [-0.3, -0.25) is 9.69 Å².